The molecular weight excluding hydrogens is 360 g/mol. The SMILES string of the molecule is COC(=O)[C@@H]1c2cc(/C=C/C(=O)OC(C)C)ccc2O[C@H]1c1ccc(O)cc1. The molecule has 3 rings (SSSR count). The number of methoxy groups -OCH3 is 1. The molecule has 0 fully saturated rings. The van der Waals surface area contributed by atoms with Gasteiger partial charge in [-0.2, -0.15) is 0 Å². The summed E-state index contributed by atoms with van der Waals surface area (Å²) in [6, 6.07) is 11.9. The average molecular weight is 382 g/mol. The molecule has 2 aromatic carbocycles. The Morgan fingerprint density at radius 2 is 1.86 bits per heavy atom. The van der Waals surface area contributed by atoms with Crippen LogP contribution in [0.3, 0.4) is 0 Å². The fourth-order valence-corrected chi connectivity index (χ4v) is 3.13. The van der Waals surface area contributed by atoms with Gasteiger partial charge in [0.2, 0.25) is 0 Å². The number of phenols is 1. The highest BCUT2D eigenvalue weighted by Crippen LogP contribution is 2.47. The quantitative estimate of drug-likeness (QED) is 0.627. The number of esters is 2. The van der Waals surface area contributed by atoms with E-state index in [4.69, 9.17) is 14.2 Å². The first-order valence-corrected chi connectivity index (χ1v) is 8.95. The fraction of sp³-hybridized carbons (Fsp3) is 0.273. The number of rotatable bonds is 5. The summed E-state index contributed by atoms with van der Waals surface area (Å²) in [5.74, 6) is -0.791. The molecule has 0 aliphatic carbocycles. The zero-order valence-corrected chi connectivity index (χ0v) is 15.9. The van der Waals surface area contributed by atoms with E-state index in [0.717, 1.165) is 11.1 Å². The van der Waals surface area contributed by atoms with Gasteiger partial charge in [0.15, 0.2) is 0 Å². The number of fused-ring (bicyclic) bond motifs is 1. The van der Waals surface area contributed by atoms with Gasteiger partial charge in [-0.15, -0.1) is 0 Å². The van der Waals surface area contributed by atoms with Gasteiger partial charge in [-0.1, -0.05) is 18.2 Å². The van der Waals surface area contributed by atoms with Gasteiger partial charge < -0.3 is 19.3 Å². The zero-order valence-electron chi connectivity index (χ0n) is 15.9. The van der Waals surface area contributed by atoms with Crippen molar-refractivity contribution in [2.75, 3.05) is 7.11 Å². The molecule has 1 aliphatic heterocycles. The monoisotopic (exact) mass is 382 g/mol. The Labute approximate surface area is 163 Å². The van der Waals surface area contributed by atoms with Crippen molar-refractivity contribution in [2.45, 2.75) is 32.0 Å². The molecule has 2 atom stereocenters. The summed E-state index contributed by atoms with van der Waals surface area (Å²) in [5.41, 5.74) is 2.18. The van der Waals surface area contributed by atoms with Crippen LogP contribution < -0.4 is 4.74 Å². The van der Waals surface area contributed by atoms with Crippen LogP contribution in [-0.4, -0.2) is 30.3 Å². The Hall–Kier alpha value is -3.28. The van der Waals surface area contributed by atoms with Crippen LogP contribution in [0.15, 0.2) is 48.5 Å². The van der Waals surface area contributed by atoms with Crippen LogP contribution in [0.25, 0.3) is 6.08 Å². The number of phenolic OH excluding ortho intramolecular Hbond substituents is 1. The second-order valence-electron chi connectivity index (χ2n) is 6.75. The highest BCUT2D eigenvalue weighted by Gasteiger charge is 2.41. The van der Waals surface area contributed by atoms with Gasteiger partial charge in [0.1, 0.15) is 23.5 Å². The van der Waals surface area contributed by atoms with Gasteiger partial charge in [0.25, 0.3) is 0 Å². The third kappa shape index (κ3) is 4.17. The van der Waals surface area contributed by atoms with Crippen LogP contribution in [-0.2, 0) is 19.1 Å². The van der Waals surface area contributed by atoms with Crippen molar-refractivity contribution < 1.29 is 28.9 Å². The number of ether oxygens (including phenoxy) is 3. The summed E-state index contributed by atoms with van der Waals surface area (Å²) in [6.45, 7) is 3.56. The molecule has 0 spiro atoms. The highest BCUT2D eigenvalue weighted by molar-refractivity contribution is 5.87. The maximum atomic E-state index is 12.5. The second kappa shape index (κ2) is 8.17. The van der Waals surface area contributed by atoms with Crippen LogP contribution in [0, 0.1) is 0 Å². The number of aromatic hydroxyl groups is 1. The van der Waals surface area contributed by atoms with Gasteiger partial charge in [-0.05, 0) is 55.3 Å². The first kappa shape index (κ1) is 19.5. The van der Waals surface area contributed by atoms with E-state index in [0.29, 0.717) is 11.3 Å². The lowest BCUT2D eigenvalue weighted by Gasteiger charge is -2.17. The maximum Gasteiger partial charge on any atom is 0.331 e. The molecule has 28 heavy (non-hydrogen) atoms. The Balaban J connectivity index is 1.91. The van der Waals surface area contributed by atoms with E-state index in [1.165, 1.54) is 13.2 Å². The van der Waals surface area contributed by atoms with Gasteiger partial charge in [-0.25, -0.2) is 4.79 Å². The molecule has 0 bridgehead atoms. The predicted octanol–water partition coefficient (Wildman–Crippen LogP) is 3.75. The molecule has 2 aromatic rings. The summed E-state index contributed by atoms with van der Waals surface area (Å²) in [5, 5.41) is 9.51. The van der Waals surface area contributed by atoms with E-state index >= 15 is 0 Å². The molecule has 0 aromatic heterocycles. The van der Waals surface area contributed by atoms with Gasteiger partial charge >= 0.3 is 11.9 Å². The topological polar surface area (TPSA) is 82.1 Å². The first-order valence-electron chi connectivity index (χ1n) is 8.95. The largest absolute Gasteiger partial charge is 0.508 e. The zero-order chi connectivity index (χ0) is 20.3. The van der Waals surface area contributed by atoms with Gasteiger partial charge in [0, 0.05) is 11.6 Å². The summed E-state index contributed by atoms with van der Waals surface area (Å²) in [7, 11) is 1.33. The number of benzene rings is 2. The Kier molecular flexibility index (Phi) is 5.68. The van der Waals surface area contributed by atoms with Crippen molar-refractivity contribution in [3.05, 3.63) is 65.2 Å². The molecule has 0 saturated carbocycles. The predicted molar refractivity (Wildman–Crippen MR) is 103 cm³/mol. The maximum absolute atomic E-state index is 12.5. The molecule has 1 aliphatic rings. The van der Waals surface area contributed by atoms with Crippen LogP contribution in [0.2, 0.25) is 0 Å². The standard InChI is InChI=1S/C22H22O6/c1-13(2)27-19(24)11-5-14-4-10-18-17(12-14)20(22(25)26-3)21(28-18)15-6-8-16(23)9-7-15/h4-13,20-21,23H,1-3H3/b11-5+/t20-,21+/m1/s1. The summed E-state index contributed by atoms with van der Waals surface area (Å²) >= 11 is 0. The third-order valence-corrected chi connectivity index (χ3v) is 4.37. The Morgan fingerprint density at radius 1 is 1.14 bits per heavy atom. The summed E-state index contributed by atoms with van der Waals surface area (Å²) in [4.78, 5) is 24.2. The van der Waals surface area contributed by atoms with Crippen LogP contribution in [0.1, 0.15) is 42.6 Å². The summed E-state index contributed by atoms with van der Waals surface area (Å²) < 4.78 is 16.1. The summed E-state index contributed by atoms with van der Waals surface area (Å²) in [6.07, 6.45) is 2.23. The molecule has 6 heteroatoms. The minimum absolute atomic E-state index is 0.134. The van der Waals surface area contributed by atoms with Gasteiger partial charge in [0.05, 0.1) is 13.2 Å². The van der Waals surface area contributed by atoms with E-state index in [-0.39, 0.29) is 11.9 Å². The van der Waals surface area contributed by atoms with E-state index < -0.39 is 24.0 Å². The normalized spacial score (nSPS) is 18.0. The van der Waals surface area contributed by atoms with Gasteiger partial charge in [-0.3, -0.25) is 4.79 Å². The molecule has 1 heterocycles. The number of carbonyl (C=O) groups excluding carboxylic acids is 2. The van der Waals surface area contributed by atoms with Crippen molar-refractivity contribution in [2.24, 2.45) is 0 Å². The number of hydrogen-bond acceptors (Lipinski definition) is 6. The average Bonchev–Trinajstić information content (AvgIpc) is 3.04. The molecule has 1 N–H and O–H groups in total. The van der Waals surface area contributed by atoms with E-state index in [1.54, 1.807) is 62.4 Å². The lowest BCUT2D eigenvalue weighted by molar-refractivity contribution is -0.144. The van der Waals surface area contributed by atoms with E-state index in [2.05, 4.69) is 0 Å². The molecule has 0 amide bonds. The first-order chi connectivity index (χ1) is 13.4. The van der Waals surface area contributed by atoms with Crippen molar-refractivity contribution in [3.63, 3.8) is 0 Å². The van der Waals surface area contributed by atoms with Crippen molar-refractivity contribution >= 4 is 18.0 Å². The lowest BCUT2D eigenvalue weighted by atomic mass is 9.90. The second-order valence-corrected chi connectivity index (χ2v) is 6.75. The molecular formula is C22H22O6. The highest BCUT2D eigenvalue weighted by atomic mass is 16.5. The smallest absolute Gasteiger partial charge is 0.331 e. The molecule has 146 valence electrons. The molecule has 0 radical (unpaired) electrons. The Bertz CT molecular complexity index is 898. The van der Waals surface area contributed by atoms with E-state index in [1.807, 2.05) is 0 Å². The van der Waals surface area contributed by atoms with E-state index in [9.17, 15) is 14.7 Å². The van der Waals surface area contributed by atoms with Crippen LogP contribution in [0.4, 0.5) is 0 Å². The Morgan fingerprint density at radius 3 is 2.50 bits per heavy atom. The van der Waals surface area contributed by atoms with Crippen LogP contribution >= 0.6 is 0 Å². The molecule has 0 saturated heterocycles. The number of carbonyl (C=O) groups is 2. The third-order valence-electron chi connectivity index (χ3n) is 4.37. The number of hydrogen-bond donors (Lipinski definition) is 1. The minimum atomic E-state index is -0.652. The van der Waals surface area contributed by atoms with Crippen molar-refractivity contribution in [3.8, 4) is 11.5 Å². The minimum Gasteiger partial charge on any atom is -0.508 e. The fourth-order valence-electron chi connectivity index (χ4n) is 3.13. The lowest BCUT2D eigenvalue weighted by Crippen LogP contribution is -2.20. The molecule has 6 nitrogen and oxygen atoms in total. The van der Waals surface area contributed by atoms with Crippen LogP contribution in [0.5, 0.6) is 11.5 Å². The van der Waals surface area contributed by atoms with Crippen molar-refractivity contribution in [1.82, 2.24) is 0 Å². The molecule has 0 unspecified atom stereocenters. The van der Waals surface area contributed by atoms with Crippen molar-refractivity contribution in [1.29, 1.82) is 0 Å².